The summed E-state index contributed by atoms with van der Waals surface area (Å²) in [5.74, 6) is -1.46. The highest BCUT2D eigenvalue weighted by molar-refractivity contribution is 9.09. The number of alkyl halides is 4. The third-order valence-corrected chi connectivity index (χ3v) is 3.05. The van der Waals surface area contributed by atoms with Gasteiger partial charge in [0.2, 0.25) is 0 Å². The highest BCUT2D eigenvalue weighted by atomic mass is 79.9. The lowest BCUT2D eigenvalue weighted by Crippen LogP contribution is -2.32. The van der Waals surface area contributed by atoms with E-state index < -0.39 is 18.4 Å². The second-order valence-electron chi connectivity index (χ2n) is 3.52. The summed E-state index contributed by atoms with van der Waals surface area (Å²) in [6, 6.07) is 0. The van der Waals surface area contributed by atoms with E-state index in [1.54, 1.807) is 0 Å². The van der Waals surface area contributed by atoms with Crippen LogP contribution in [-0.2, 0) is 9.47 Å². The van der Waals surface area contributed by atoms with Crippen molar-refractivity contribution >= 4 is 15.9 Å². The van der Waals surface area contributed by atoms with Gasteiger partial charge in [-0.1, -0.05) is 15.9 Å². The molecule has 0 aromatic heterocycles. The predicted octanol–water partition coefficient (Wildman–Crippen LogP) is 3.10. The van der Waals surface area contributed by atoms with Gasteiger partial charge in [-0.25, -0.2) is 0 Å². The fraction of sp³-hybridized carbons (Fsp3) is 1.00. The summed E-state index contributed by atoms with van der Waals surface area (Å²) in [4.78, 5) is 0. The highest BCUT2D eigenvalue weighted by Crippen LogP contribution is 2.28. The van der Waals surface area contributed by atoms with Crippen molar-refractivity contribution in [1.82, 2.24) is 0 Å². The van der Waals surface area contributed by atoms with E-state index in [9.17, 15) is 13.2 Å². The summed E-state index contributed by atoms with van der Waals surface area (Å²) < 4.78 is 47.2. The smallest absolute Gasteiger partial charge is 0.353 e. The maximum absolute atomic E-state index is 12.3. The van der Waals surface area contributed by atoms with Crippen LogP contribution in [0, 0.1) is 5.92 Å². The van der Waals surface area contributed by atoms with Crippen LogP contribution in [0.1, 0.15) is 19.3 Å². The van der Waals surface area contributed by atoms with E-state index in [4.69, 9.17) is 9.47 Å². The Balaban J connectivity index is 2.27. The monoisotopic (exact) mass is 290 g/mol. The zero-order valence-electron chi connectivity index (χ0n) is 8.23. The van der Waals surface area contributed by atoms with E-state index in [0.717, 1.165) is 12.8 Å². The van der Waals surface area contributed by atoms with Crippen molar-refractivity contribution < 1.29 is 22.6 Å². The average Bonchev–Trinajstić information content (AvgIpc) is 2.18. The molecule has 2 nitrogen and oxygen atoms in total. The lowest BCUT2D eigenvalue weighted by Gasteiger charge is -2.25. The van der Waals surface area contributed by atoms with E-state index in [1.807, 2.05) is 0 Å². The summed E-state index contributed by atoms with van der Waals surface area (Å²) in [7, 11) is 0. The Morgan fingerprint density at radius 1 is 1.40 bits per heavy atom. The van der Waals surface area contributed by atoms with E-state index >= 15 is 0 Å². The van der Waals surface area contributed by atoms with Gasteiger partial charge in [0.25, 0.3) is 0 Å². The van der Waals surface area contributed by atoms with E-state index in [0.29, 0.717) is 13.0 Å². The lowest BCUT2D eigenvalue weighted by atomic mass is 10.2. The Morgan fingerprint density at radius 2 is 2.13 bits per heavy atom. The third kappa shape index (κ3) is 4.70. The van der Waals surface area contributed by atoms with Gasteiger partial charge >= 0.3 is 6.18 Å². The number of ether oxygens (including phenoxy) is 2. The summed E-state index contributed by atoms with van der Waals surface area (Å²) >= 11 is 2.84. The molecule has 0 radical (unpaired) electrons. The first kappa shape index (κ1) is 13.3. The Labute approximate surface area is 95.2 Å². The molecule has 0 saturated carbocycles. The van der Waals surface area contributed by atoms with Crippen LogP contribution in [0.15, 0.2) is 0 Å². The minimum atomic E-state index is -4.21. The molecular weight excluding hydrogens is 277 g/mol. The molecule has 0 bridgehead atoms. The van der Waals surface area contributed by atoms with E-state index in [-0.39, 0.29) is 11.9 Å². The molecule has 0 aromatic rings. The lowest BCUT2D eigenvalue weighted by molar-refractivity contribution is -0.216. The van der Waals surface area contributed by atoms with Crippen molar-refractivity contribution in [3.05, 3.63) is 0 Å². The summed E-state index contributed by atoms with van der Waals surface area (Å²) in [5, 5.41) is -0.136. The summed E-state index contributed by atoms with van der Waals surface area (Å²) in [6.07, 6.45) is -2.07. The van der Waals surface area contributed by atoms with Crippen LogP contribution in [0.2, 0.25) is 0 Å². The Bertz CT molecular complexity index is 181. The van der Waals surface area contributed by atoms with Crippen molar-refractivity contribution in [1.29, 1.82) is 0 Å². The van der Waals surface area contributed by atoms with Crippen molar-refractivity contribution in [3.8, 4) is 0 Å². The van der Waals surface area contributed by atoms with Gasteiger partial charge in [-0.05, 0) is 19.3 Å². The van der Waals surface area contributed by atoms with E-state index in [1.165, 1.54) is 0 Å². The van der Waals surface area contributed by atoms with Crippen LogP contribution >= 0.6 is 15.9 Å². The molecule has 1 unspecified atom stereocenters. The number of rotatable bonds is 4. The molecule has 15 heavy (non-hydrogen) atoms. The Hall–Kier alpha value is 0.190. The molecule has 1 aliphatic heterocycles. The van der Waals surface area contributed by atoms with Gasteiger partial charge in [0.1, 0.15) is 0 Å². The van der Waals surface area contributed by atoms with Crippen LogP contribution in [-0.4, -0.2) is 31.0 Å². The predicted molar refractivity (Wildman–Crippen MR) is 52.9 cm³/mol. The minimum absolute atomic E-state index is 0.136. The zero-order chi connectivity index (χ0) is 11.3. The van der Waals surface area contributed by atoms with E-state index in [2.05, 4.69) is 15.9 Å². The SMILES string of the molecule is FC(F)(F)[C@@H](CBr)COC1CCCCO1. The molecule has 1 fully saturated rings. The zero-order valence-corrected chi connectivity index (χ0v) is 9.81. The van der Waals surface area contributed by atoms with Crippen molar-refractivity contribution in [2.24, 2.45) is 5.92 Å². The molecule has 1 saturated heterocycles. The second-order valence-corrected chi connectivity index (χ2v) is 4.17. The van der Waals surface area contributed by atoms with Crippen molar-refractivity contribution in [3.63, 3.8) is 0 Å². The quantitative estimate of drug-likeness (QED) is 0.741. The van der Waals surface area contributed by atoms with Crippen molar-refractivity contribution in [2.75, 3.05) is 18.5 Å². The largest absolute Gasteiger partial charge is 0.394 e. The van der Waals surface area contributed by atoms with Gasteiger partial charge < -0.3 is 9.47 Å². The third-order valence-electron chi connectivity index (χ3n) is 2.27. The maximum atomic E-state index is 12.3. The summed E-state index contributed by atoms with van der Waals surface area (Å²) in [6.45, 7) is 0.245. The molecule has 0 amide bonds. The van der Waals surface area contributed by atoms with Gasteiger partial charge in [0.15, 0.2) is 6.29 Å². The standard InChI is InChI=1S/C9H14BrF3O2/c10-5-7(9(11,12)13)6-15-8-3-1-2-4-14-8/h7-8H,1-6H2/t7-,8?/m0/s1. The maximum Gasteiger partial charge on any atom is 0.394 e. The normalized spacial score (nSPS) is 25.2. The van der Waals surface area contributed by atoms with Crippen LogP contribution in [0.25, 0.3) is 0 Å². The fourth-order valence-corrected chi connectivity index (χ4v) is 1.85. The Kier molecular flexibility index (Phi) is 5.35. The van der Waals surface area contributed by atoms with Crippen LogP contribution < -0.4 is 0 Å². The molecule has 0 aromatic carbocycles. The first-order chi connectivity index (χ1) is 7.04. The topological polar surface area (TPSA) is 18.5 Å². The number of hydrogen-bond acceptors (Lipinski definition) is 2. The Morgan fingerprint density at radius 3 is 2.60 bits per heavy atom. The first-order valence-electron chi connectivity index (χ1n) is 4.90. The molecule has 90 valence electrons. The molecule has 1 rings (SSSR count). The average molecular weight is 291 g/mol. The molecule has 0 aliphatic carbocycles. The molecule has 2 atom stereocenters. The van der Waals surface area contributed by atoms with Crippen LogP contribution in [0.5, 0.6) is 0 Å². The second kappa shape index (κ2) is 6.06. The van der Waals surface area contributed by atoms with Crippen molar-refractivity contribution in [2.45, 2.75) is 31.7 Å². The van der Waals surface area contributed by atoms with Crippen LogP contribution in [0.3, 0.4) is 0 Å². The van der Waals surface area contributed by atoms with Gasteiger partial charge in [-0.2, -0.15) is 13.2 Å². The highest BCUT2D eigenvalue weighted by Gasteiger charge is 2.39. The number of halogens is 4. The van der Waals surface area contributed by atoms with Crippen LogP contribution in [0.4, 0.5) is 13.2 Å². The molecule has 1 aliphatic rings. The molecule has 0 N–H and O–H groups in total. The fourth-order valence-electron chi connectivity index (χ4n) is 1.29. The molecule has 0 spiro atoms. The van der Waals surface area contributed by atoms with Gasteiger partial charge in [-0.15, -0.1) is 0 Å². The first-order valence-corrected chi connectivity index (χ1v) is 6.02. The molecule has 6 heteroatoms. The number of hydrogen-bond donors (Lipinski definition) is 0. The summed E-state index contributed by atoms with van der Waals surface area (Å²) in [5.41, 5.74) is 0. The minimum Gasteiger partial charge on any atom is -0.353 e. The molecular formula is C9H14BrF3O2. The molecule has 1 heterocycles. The van der Waals surface area contributed by atoms with Gasteiger partial charge in [0.05, 0.1) is 12.5 Å². The van der Waals surface area contributed by atoms with Gasteiger partial charge in [-0.3, -0.25) is 0 Å². The van der Waals surface area contributed by atoms with Gasteiger partial charge in [0, 0.05) is 11.9 Å².